The Hall–Kier alpha value is -2.38. The van der Waals surface area contributed by atoms with E-state index in [1.165, 1.54) is 6.07 Å². The first kappa shape index (κ1) is 14.6. The third-order valence-electron chi connectivity index (χ3n) is 3.45. The Balaban J connectivity index is 1.70. The maximum absolute atomic E-state index is 12.2. The number of carbonyl (C=O) groups is 1. The zero-order chi connectivity index (χ0) is 15.4. The fourth-order valence-electron chi connectivity index (χ4n) is 2.26. The Morgan fingerprint density at radius 2 is 2.36 bits per heavy atom. The quantitative estimate of drug-likeness (QED) is 0.841. The van der Waals surface area contributed by atoms with Crippen LogP contribution in [0.2, 0.25) is 0 Å². The van der Waals surface area contributed by atoms with Crippen molar-refractivity contribution in [3.8, 4) is 11.4 Å². The maximum Gasteiger partial charge on any atom is 0.278 e. The number of phenols is 1. The van der Waals surface area contributed by atoms with Crippen molar-refractivity contribution in [3.05, 3.63) is 42.5 Å². The van der Waals surface area contributed by atoms with Crippen molar-refractivity contribution in [2.45, 2.75) is 25.6 Å². The molecule has 1 aliphatic rings. The number of aromatic hydroxyl groups is 1. The van der Waals surface area contributed by atoms with Gasteiger partial charge in [0.15, 0.2) is 6.29 Å². The molecule has 0 spiro atoms. The molecule has 1 unspecified atom stereocenters. The summed E-state index contributed by atoms with van der Waals surface area (Å²) in [5.41, 5.74) is 3.18. The summed E-state index contributed by atoms with van der Waals surface area (Å²) in [5, 5.41) is 9.87. The Morgan fingerprint density at radius 1 is 1.45 bits per heavy atom. The number of hydroxylamine groups is 1. The molecule has 3 rings (SSSR count). The topological polar surface area (TPSA) is 85.6 Å². The van der Waals surface area contributed by atoms with Gasteiger partial charge >= 0.3 is 0 Å². The summed E-state index contributed by atoms with van der Waals surface area (Å²) in [6.45, 7) is 0.627. The molecule has 1 aromatic heterocycles. The van der Waals surface area contributed by atoms with Gasteiger partial charge in [-0.25, -0.2) is 15.3 Å². The van der Waals surface area contributed by atoms with E-state index in [0.29, 0.717) is 6.61 Å². The number of aromatic nitrogens is 2. The molecular weight excluding hydrogens is 286 g/mol. The van der Waals surface area contributed by atoms with E-state index in [2.05, 4.69) is 10.5 Å². The van der Waals surface area contributed by atoms with Crippen LogP contribution in [0.25, 0.3) is 5.69 Å². The van der Waals surface area contributed by atoms with Gasteiger partial charge in [0.1, 0.15) is 5.75 Å². The average molecular weight is 303 g/mol. The summed E-state index contributed by atoms with van der Waals surface area (Å²) in [7, 11) is 0. The summed E-state index contributed by atoms with van der Waals surface area (Å²) in [5.74, 6) is -0.636. The third-order valence-corrected chi connectivity index (χ3v) is 3.45. The molecule has 1 aliphatic heterocycles. The van der Waals surface area contributed by atoms with E-state index in [0.717, 1.165) is 24.9 Å². The number of carbonyl (C=O) groups excluding carboxylic acids is 1. The second-order valence-electron chi connectivity index (χ2n) is 5.02. The van der Waals surface area contributed by atoms with E-state index < -0.39 is 12.2 Å². The predicted octanol–water partition coefficient (Wildman–Crippen LogP) is 1.77. The average Bonchev–Trinajstić information content (AvgIpc) is 3.08. The van der Waals surface area contributed by atoms with E-state index in [9.17, 15) is 9.90 Å². The molecular formula is C15H17N3O4. The van der Waals surface area contributed by atoms with Gasteiger partial charge in [-0.15, -0.1) is 0 Å². The zero-order valence-electron chi connectivity index (χ0n) is 11.9. The first-order valence-corrected chi connectivity index (χ1v) is 7.13. The van der Waals surface area contributed by atoms with Crippen molar-refractivity contribution in [2.75, 3.05) is 6.61 Å². The lowest BCUT2D eigenvalue weighted by Gasteiger charge is -2.22. The van der Waals surface area contributed by atoms with Gasteiger partial charge < -0.3 is 14.4 Å². The summed E-state index contributed by atoms with van der Waals surface area (Å²) in [4.78, 5) is 21.3. The van der Waals surface area contributed by atoms with Gasteiger partial charge in [-0.2, -0.15) is 0 Å². The van der Waals surface area contributed by atoms with Gasteiger partial charge in [-0.3, -0.25) is 4.79 Å². The van der Waals surface area contributed by atoms with Crippen LogP contribution in [0.1, 0.15) is 29.6 Å². The van der Waals surface area contributed by atoms with Crippen LogP contribution in [-0.2, 0) is 9.57 Å². The van der Waals surface area contributed by atoms with Gasteiger partial charge in [0.2, 0.25) is 0 Å². The van der Waals surface area contributed by atoms with Crippen molar-refractivity contribution in [2.24, 2.45) is 0 Å². The molecule has 0 saturated carbocycles. The van der Waals surface area contributed by atoms with Crippen LogP contribution in [0.3, 0.4) is 0 Å². The van der Waals surface area contributed by atoms with Crippen LogP contribution < -0.4 is 5.48 Å². The minimum absolute atomic E-state index is 0.116. The van der Waals surface area contributed by atoms with Crippen LogP contribution >= 0.6 is 0 Å². The van der Waals surface area contributed by atoms with Crippen LogP contribution in [-0.4, -0.2) is 33.5 Å². The normalized spacial score (nSPS) is 18.1. The van der Waals surface area contributed by atoms with E-state index >= 15 is 0 Å². The second kappa shape index (κ2) is 6.59. The van der Waals surface area contributed by atoms with Crippen molar-refractivity contribution in [3.63, 3.8) is 0 Å². The smallest absolute Gasteiger partial charge is 0.278 e. The number of hydrogen-bond donors (Lipinski definition) is 2. The number of amides is 1. The summed E-state index contributed by atoms with van der Waals surface area (Å²) >= 11 is 0. The number of nitrogens with one attached hydrogen (secondary N) is 1. The molecule has 0 bridgehead atoms. The van der Waals surface area contributed by atoms with Gasteiger partial charge in [0.25, 0.3) is 5.91 Å². The number of ether oxygens (including phenoxy) is 1. The highest BCUT2D eigenvalue weighted by atomic mass is 16.8. The lowest BCUT2D eigenvalue weighted by Crippen LogP contribution is -2.33. The highest BCUT2D eigenvalue weighted by Crippen LogP contribution is 2.21. The molecule has 7 heteroatoms. The molecule has 1 amide bonds. The maximum atomic E-state index is 12.2. The Bertz CT molecular complexity index is 636. The number of hydrogen-bond acceptors (Lipinski definition) is 5. The van der Waals surface area contributed by atoms with Crippen LogP contribution in [0.15, 0.2) is 36.9 Å². The molecule has 0 aliphatic carbocycles. The second-order valence-corrected chi connectivity index (χ2v) is 5.02. The van der Waals surface area contributed by atoms with Crippen LogP contribution in [0.5, 0.6) is 5.75 Å². The van der Waals surface area contributed by atoms with Gasteiger partial charge in [-0.1, -0.05) is 0 Å². The standard InChI is InChI=1S/C15H17N3O4/c19-13-5-4-11(18-7-6-16-10-18)9-12(13)15(20)17-22-14-3-1-2-8-21-14/h4-7,9-10,14,19H,1-3,8H2,(H,17,20). The molecule has 116 valence electrons. The van der Waals surface area contributed by atoms with Gasteiger partial charge in [0.05, 0.1) is 11.9 Å². The molecule has 1 atom stereocenters. The SMILES string of the molecule is O=C(NOC1CCCCO1)c1cc(-n2ccnc2)ccc1O. The van der Waals surface area contributed by atoms with Gasteiger partial charge in [-0.05, 0) is 31.0 Å². The van der Waals surface area contributed by atoms with Crippen LogP contribution in [0.4, 0.5) is 0 Å². The predicted molar refractivity (Wildman–Crippen MR) is 77.4 cm³/mol. The molecule has 7 nitrogen and oxygen atoms in total. The lowest BCUT2D eigenvalue weighted by molar-refractivity contribution is -0.186. The Kier molecular flexibility index (Phi) is 4.36. The number of benzene rings is 1. The number of nitrogens with zero attached hydrogens (tertiary/aromatic N) is 2. The van der Waals surface area contributed by atoms with Crippen molar-refractivity contribution in [1.29, 1.82) is 0 Å². The largest absolute Gasteiger partial charge is 0.507 e. The molecule has 1 aromatic carbocycles. The van der Waals surface area contributed by atoms with E-state index in [1.807, 2.05) is 0 Å². The molecule has 0 radical (unpaired) electrons. The van der Waals surface area contributed by atoms with E-state index in [-0.39, 0.29) is 11.3 Å². The van der Waals surface area contributed by atoms with Crippen molar-refractivity contribution < 1.29 is 19.5 Å². The minimum atomic E-state index is -0.520. The summed E-state index contributed by atoms with van der Waals surface area (Å²) in [6.07, 6.45) is 7.30. The van der Waals surface area contributed by atoms with Gasteiger partial charge in [0, 0.05) is 31.1 Å². The highest BCUT2D eigenvalue weighted by Gasteiger charge is 2.18. The van der Waals surface area contributed by atoms with E-state index in [1.54, 1.807) is 35.4 Å². The first-order chi connectivity index (χ1) is 10.7. The molecule has 1 fully saturated rings. The third kappa shape index (κ3) is 3.26. The molecule has 1 saturated heterocycles. The number of imidazole rings is 1. The summed E-state index contributed by atoms with van der Waals surface area (Å²) < 4.78 is 7.10. The summed E-state index contributed by atoms with van der Waals surface area (Å²) in [6, 6.07) is 4.72. The van der Waals surface area contributed by atoms with Crippen molar-refractivity contribution in [1.82, 2.24) is 15.0 Å². The zero-order valence-corrected chi connectivity index (χ0v) is 11.9. The lowest BCUT2D eigenvalue weighted by atomic mass is 10.1. The molecule has 2 heterocycles. The highest BCUT2D eigenvalue weighted by molar-refractivity contribution is 5.96. The fourth-order valence-corrected chi connectivity index (χ4v) is 2.26. The van der Waals surface area contributed by atoms with Crippen molar-refractivity contribution >= 4 is 5.91 Å². The number of rotatable bonds is 4. The fraction of sp³-hybridized carbons (Fsp3) is 0.333. The Morgan fingerprint density at radius 3 is 3.09 bits per heavy atom. The minimum Gasteiger partial charge on any atom is -0.507 e. The first-order valence-electron chi connectivity index (χ1n) is 7.13. The monoisotopic (exact) mass is 303 g/mol. The molecule has 2 aromatic rings. The number of phenolic OH excluding ortho intramolecular Hbond substituents is 1. The molecule has 2 N–H and O–H groups in total. The molecule has 22 heavy (non-hydrogen) atoms. The van der Waals surface area contributed by atoms with E-state index in [4.69, 9.17) is 9.57 Å². The Labute approximate surface area is 127 Å². The van der Waals surface area contributed by atoms with Crippen LogP contribution in [0, 0.1) is 0 Å².